The van der Waals surface area contributed by atoms with Gasteiger partial charge in [0.05, 0.1) is 41.3 Å². The Kier molecular flexibility index (Phi) is 36.3. The zero-order chi connectivity index (χ0) is 52.9. The van der Waals surface area contributed by atoms with E-state index in [0.29, 0.717) is 5.82 Å². The lowest BCUT2D eigenvalue weighted by Crippen LogP contribution is -1.66. The number of nitrogens with one attached hydrogen (secondary N) is 4. The molecule has 0 saturated carbocycles. The second-order valence-corrected chi connectivity index (χ2v) is 16.7. The van der Waals surface area contributed by atoms with Gasteiger partial charge in [0.15, 0.2) is 12.2 Å². The van der Waals surface area contributed by atoms with Gasteiger partial charge in [0.1, 0.15) is 30.1 Å². The number of aromatic nitrogens is 17. The van der Waals surface area contributed by atoms with Gasteiger partial charge >= 0.3 is 0 Å². The Morgan fingerprint density at radius 3 is 1.54 bits per heavy atom. The van der Waals surface area contributed by atoms with E-state index in [1.807, 2.05) is 134 Å². The van der Waals surface area contributed by atoms with Gasteiger partial charge in [0.25, 0.3) is 0 Å². The Balaban J connectivity index is 0.000000393. The fraction of sp³-hybridized carbons (Fsp3) is 0.255. The van der Waals surface area contributed by atoms with Crippen LogP contribution in [0, 0.1) is 83.1 Å². The highest BCUT2D eigenvalue weighted by Gasteiger charge is 1.83. The molecular formula is C47H63N17O4S4. The molecule has 0 radical (unpaired) electrons. The molecule has 0 atom stereocenters. The van der Waals surface area contributed by atoms with Crippen molar-refractivity contribution in [3.05, 3.63) is 207 Å². The van der Waals surface area contributed by atoms with E-state index >= 15 is 0 Å². The average molecular weight is 1060 g/mol. The summed E-state index contributed by atoms with van der Waals surface area (Å²) in [5, 5.41) is 29.2. The van der Waals surface area contributed by atoms with Crippen LogP contribution < -0.4 is 0 Å². The molecule has 384 valence electrons. The van der Waals surface area contributed by atoms with Crippen molar-refractivity contribution in [2.24, 2.45) is 0 Å². The van der Waals surface area contributed by atoms with Crippen molar-refractivity contribution in [1.82, 2.24) is 83.9 Å². The van der Waals surface area contributed by atoms with E-state index < -0.39 is 0 Å². The molecule has 21 nitrogen and oxygen atoms in total. The highest BCUT2D eigenvalue weighted by molar-refractivity contribution is 7.07. The first-order valence-corrected chi connectivity index (χ1v) is 24.8. The number of hydrogen-bond acceptors (Lipinski definition) is 21. The van der Waals surface area contributed by atoms with E-state index in [1.165, 1.54) is 64.1 Å². The molecule has 0 fully saturated rings. The summed E-state index contributed by atoms with van der Waals surface area (Å²) in [6.45, 7) is 23.3. The summed E-state index contributed by atoms with van der Waals surface area (Å²) in [6, 6.07) is 7.74. The Hall–Kier alpha value is -7.87. The van der Waals surface area contributed by atoms with E-state index in [4.69, 9.17) is 0 Å². The molecule has 12 aromatic heterocycles. The van der Waals surface area contributed by atoms with Gasteiger partial charge in [-0.3, -0.25) is 15.2 Å². The van der Waals surface area contributed by atoms with Crippen molar-refractivity contribution in [2.45, 2.75) is 83.1 Å². The molecule has 12 heterocycles. The minimum atomic E-state index is 0.676. The summed E-state index contributed by atoms with van der Waals surface area (Å²) in [5.74, 6) is 1.54. The van der Waals surface area contributed by atoms with Gasteiger partial charge in [0.2, 0.25) is 6.39 Å². The number of rotatable bonds is 0. The molecule has 0 spiro atoms. The molecule has 25 heteroatoms. The van der Waals surface area contributed by atoms with Crippen LogP contribution in [0.5, 0.6) is 0 Å². The molecule has 0 aliphatic heterocycles. The fourth-order valence-electron chi connectivity index (χ4n) is 3.43. The van der Waals surface area contributed by atoms with Crippen LogP contribution in [0.4, 0.5) is 0 Å². The lowest BCUT2D eigenvalue weighted by atomic mass is 10.4. The molecule has 0 aliphatic rings. The molecule has 0 bridgehead atoms. The topological polar surface area (TPSA) is 283 Å². The minimum absolute atomic E-state index is 0.676. The van der Waals surface area contributed by atoms with Crippen molar-refractivity contribution < 1.29 is 18.0 Å². The van der Waals surface area contributed by atoms with Crippen molar-refractivity contribution in [1.29, 1.82) is 0 Å². The maximum atomic E-state index is 4.60. The highest BCUT2D eigenvalue weighted by Crippen LogP contribution is 1.97. The van der Waals surface area contributed by atoms with Crippen LogP contribution in [0.25, 0.3) is 0 Å². The maximum absolute atomic E-state index is 4.60. The summed E-state index contributed by atoms with van der Waals surface area (Å²) in [5.41, 5.74) is 14.6. The number of aromatic amines is 4. The third-order valence-electron chi connectivity index (χ3n) is 6.96. The summed E-state index contributed by atoms with van der Waals surface area (Å²) in [7, 11) is 0. The van der Waals surface area contributed by atoms with Crippen molar-refractivity contribution in [2.75, 3.05) is 0 Å². The lowest BCUT2D eigenvalue weighted by Gasteiger charge is -1.68. The average Bonchev–Trinajstić information content (AvgIpc) is 4.18. The normalized spacial score (nSPS) is 8.83. The lowest BCUT2D eigenvalue weighted by molar-refractivity contribution is 0.412. The zero-order valence-electron chi connectivity index (χ0n) is 42.4. The molecule has 0 amide bonds. The van der Waals surface area contributed by atoms with Crippen LogP contribution in [0.15, 0.2) is 157 Å². The maximum Gasteiger partial charge on any atom is 0.213 e. The zero-order valence-corrected chi connectivity index (χ0v) is 45.6. The summed E-state index contributed by atoms with van der Waals surface area (Å²) in [6.07, 6.45) is 23.6. The van der Waals surface area contributed by atoms with E-state index in [-0.39, 0.29) is 0 Å². The Labute approximate surface area is 435 Å². The number of nitrogens with zero attached hydrogens (tertiary/aromatic N) is 13. The Bertz CT molecular complexity index is 2030. The highest BCUT2D eigenvalue weighted by atomic mass is 32.1. The van der Waals surface area contributed by atoms with E-state index in [1.54, 1.807) is 79.7 Å². The standard InChI is InChI=1S/C5H7N.3C4H6N2.3C4H5NO.3C4H5NS.C3H4N2O.C3H4N2S/c1-5-2-3-6-4-5;1-4-2-5-3-6-4;1-4-2-5-6-3-4;1-4-2-3-5-6-4;1-4-2-6-3-5-4;1-4-2-5-6-3-4;1-4-2-3-6-5-4;1-4-2-6-3-5-4;1-4-2-5-6-3-4;1-4-2-3-6-5-4;2*1-3-4-2-6-5-3/h2-4,6H,1H3;3*2-3H,1H3,(H,5,6);6*2-3H,1H3;2*2H,1H3. The van der Waals surface area contributed by atoms with Crippen molar-refractivity contribution in [3.63, 3.8) is 0 Å². The van der Waals surface area contributed by atoms with Gasteiger partial charge in [-0.15, -0.1) is 11.3 Å². The Morgan fingerprint density at radius 1 is 0.542 bits per heavy atom. The third kappa shape index (κ3) is 40.1. The summed E-state index contributed by atoms with van der Waals surface area (Å²) < 4.78 is 29.6. The predicted octanol–water partition coefficient (Wildman–Crippen LogP) is 12.0. The van der Waals surface area contributed by atoms with Crippen LogP contribution >= 0.6 is 45.9 Å². The first-order chi connectivity index (χ1) is 34.7. The molecule has 72 heavy (non-hydrogen) atoms. The smallest absolute Gasteiger partial charge is 0.213 e. The van der Waals surface area contributed by atoms with E-state index in [2.05, 4.69) is 109 Å². The van der Waals surface area contributed by atoms with Crippen LogP contribution in [0.1, 0.15) is 68.1 Å². The van der Waals surface area contributed by atoms with Crippen LogP contribution in [0.2, 0.25) is 0 Å². The molecule has 12 rings (SSSR count). The second-order valence-electron chi connectivity index (χ2n) is 14.0. The molecule has 0 aliphatic carbocycles. The summed E-state index contributed by atoms with van der Waals surface area (Å²) >= 11 is 5.99. The predicted molar refractivity (Wildman–Crippen MR) is 283 cm³/mol. The first kappa shape index (κ1) is 62.1. The van der Waals surface area contributed by atoms with Crippen LogP contribution in [0.3, 0.4) is 0 Å². The van der Waals surface area contributed by atoms with Gasteiger partial charge in [-0.2, -0.15) is 23.9 Å². The van der Waals surface area contributed by atoms with Gasteiger partial charge in [-0.1, -0.05) is 15.5 Å². The number of hydrogen-bond donors (Lipinski definition) is 4. The molecular weight excluding hydrogens is 995 g/mol. The number of oxazole rings is 1. The molecule has 12 aromatic rings. The van der Waals surface area contributed by atoms with Crippen molar-refractivity contribution >= 4 is 45.9 Å². The molecule has 0 aromatic carbocycles. The minimum Gasteiger partial charge on any atom is -0.452 e. The fourth-order valence-corrected chi connectivity index (χ4v) is 5.48. The number of H-pyrrole nitrogens is 4. The van der Waals surface area contributed by atoms with Crippen molar-refractivity contribution in [3.8, 4) is 0 Å². The summed E-state index contributed by atoms with van der Waals surface area (Å²) in [4.78, 5) is 24.7. The van der Waals surface area contributed by atoms with Gasteiger partial charge in [-0.25, -0.2) is 19.3 Å². The first-order valence-electron chi connectivity index (χ1n) is 21.3. The van der Waals surface area contributed by atoms with E-state index in [9.17, 15) is 0 Å². The van der Waals surface area contributed by atoms with Crippen LogP contribution in [-0.4, -0.2) is 83.9 Å². The number of imidazole rings is 1. The Morgan fingerprint density at radius 2 is 1.38 bits per heavy atom. The third-order valence-corrected chi connectivity index (χ3v) is 9.59. The second kappa shape index (κ2) is 42.0. The molecule has 0 unspecified atom stereocenters. The molecule has 4 N–H and O–H groups in total. The number of aryl methyl sites for hydroxylation is 12. The quantitative estimate of drug-likeness (QED) is 0.110. The molecule has 0 saturated heterocycles. The largest absolute Gasteiger partial charge is 0.452 e. The van der Waals surface area contributed by atoms with Crippen LogP contribution in [-0.2, 0) is 0 Å². The number of thiazole rings is 1. The van der Waals surface area contributed by atoms with E-state index in [0.717, 1.165) is 45.6 Å². The van der Waals surface area contributed by atoms with Gasteiger partial charge in [-0.05, 0) is 153 Å². The van der Waals surface area contributed by atoms with Gasteiger partial charge in [0, 0.05) is 82.0 Å². The SMILES string of the molecule is Cc1cc[nH]c1.Cc1ccn[nH]1.Cc1ccon1.Cc1ccsn1.Cc1cn[nH]c1.Cc1cnc[nH]1.Cc1cnoc1.Cc1cnsc1.Cc1cocn1.Cc1cscn1.Cc1ncon1.Cc1ncsn1. The monoisotopic (exact) mass is 1060 g/mol. The van der Waals surface area contributed by atoms with Gasteiger partial charge < -0.3 is 28.0 Å².